The highest BCUT2D eigenvalue weighted by Gasteiger charge is 2.13. The molecule has 3 heterocycles. The van der Waals surface area contributed by atoms with Crippen LogP contribution in [0, 0.1) is 0 Å². The number of thiophene rings is 1. The van der Waals surface area contributed by atoms with E-state index in [1.807, 2.05) is 43.3 Å². The number of rotatable bonds is 5. The number of carbonyl (C=O) groups is 1. The molecule has 0 saturated heterocycles. The Balaban J connectivity index is 1.52. The minimum absolute atomic E-state index is 0.0714. The molecule has 0 fully saturated rings. The van der Waals surface area contributed by atoms with Crippen molar-refractivity contribution in [2.75, 3.05) is 5.43 Å². The molecule has 3 aromatic heterocycles. The number of benzene rings is 1. The molecule has 0 aliphatic carbocycles. The fourth-order valence-corrected chi connectivity index (χ4v) is 4.08. The number of hydrazone groups is 1. The van der Waals surface area contributed by atoms with Crippen LogP contribution in [0.1, 0.15) is 22.4 Å². The highest BCUT2D eigenvalue weighted by Crippen LogP contribution is 2.30. The van der Waals surface area contributed by atoms with Gasteiger partial charge in [0.2, 0.25) is 10.9 Å². The van der Waals surface area contributed by atoms with Crippen LogP contribution >= 0.6 is 22.7 Å². The summed E-state index contributed by atoms with van der Waals surface area (Å²) < 4.78 is 6.44. The summed E-state index contributed by atoms with van der Waals surface area (Å²) in [6.45, 7) is 1.90. The second-order valence-electron chi connectivity index (χ2n) is 5.43. The fraction of sp³-hybridized carbons (Fsp3) is 0.0556. The number of nitrogens with one attached hydrogen (secondary N) is 1. The monoisotopic (exact) mass is 383 g/mol. The Hall–Kier alpha value is -2.97. The molecule has 2 N–H and O–H groups in total. The van der Waals surface area contributed by atoms with Gasteiger partial charge >= 0.3 is 5.97 Å². The van der Waals surface area contributed by atoms with Gasteiger partial charge in [-0.15, -0.1) is 11.3 Å². The molecule has 0 spiro atoms. The number of aromatic nitrogens is 1. The minimum atomic E-state index is -1.08. The fourth-order valence-electron chi connectivity index (χ4n) is 2.36. The average molecular weight is 383 g/mol. The molecule has 0 saturated carbocycles. The number of aromatic carboxylic acids is 1. The van der Waals surface area contributed by atoms with Crippen molar-refractivity contribution >= 4 is 49.7 Å². The minimum Gasteiger partial charge on any atom is -0.475 e. The number of hydrogen-bond donors (Lipinski definition) is 2. The Bertz CT molecular complexity index is 1090. The number of hydrogen-bond acceptors (Lipinski definition) is 7. The number of thiazole rings is 1. The van der Waals surface area contributed by atoms with Gasteiger partial charge in [-0.05, 0) is 43.3 Å². The van der Waals surface area contributed by atoms with Crippen LogP contribution in [-0.4, -0.2) is 21.8 Å². The normalized spacial score (nSPS) is 11.8. The maximum atomic E-state index is 10.9. The van der Waals surface area contributed by atoms with E-state index in [2.05, 4.69) is 15.5 Å². The van der Waals surface area contributed by atoms with Gasteiger partial charge in [0.25, 0.3) is 0 Å². The number of carboxylic acid groups (broad SMARTS) is 1. The largest absolute Gasteiger partial charge is 0.475 e. The van der Waals surface area contributed by atoms with Crippen LogP contribution in [-0.2, 0) is 0 Å². The predicted octanol–water partition coefficient (Wildman–Crippen LogP) is 5.15. The zero-order chi connectivity index (χ0) is 18.1. The van der Waals surface area contributed by atoms with E-state index in [4.69, 9.17) is 9.52 Å². The van der Waals surface area contributed by atoms with E-state index in [0.717, 1.165) is 30.8 Å². The van der Waals surface area contributed by atoms with Crippen LogP contribution in [0.4, 0.5) is 5.13 Å². The quantitative estimate of drug-likeness (QED) is 0.367. The Morgan fingerprint density at radius 3 is 2.77 bits per heavy atom. The summed E-state index contributed by atoms with van der Waals surface area (Å²) in [5, 5.41) is 14.1. The van der Waals surface area contributed by atoms with Crippen LogP contribution in [0.25, 0.3) is 20.9 Å². The molecule has 130 valence electrons. The lowest BCUT2D eigenvalue weighted by molar-refractivity contribution is 0.0663. The smallest absolute Gasteiger partial charge is 0.371 e. The molecule has 0 aliphatic rings. The molecule has 0 unspecified atom stereocenters. The maximum Gasteiger partial charge on any atom is 0.371 e. The zero-order valence-corrected chi connectivity index (χ0v) is 15.2. The van der Waals surface area contributed by atoms with Crippen LogP contribution in [0.15, 0.2) is 58.0 Å². The van der Waals surface area contributed by atoms with Gasteiger partial charge in [0.15, 0.2) is 0 Å². The number of carboxylic acids is 1. The summed E-state index contributed by atoms with van der Waals surface area (Å²) in [6, 6.07) is 14.9. The van der Waals surface area contributed by atoms with Crippen molar-refractivity contribution in [2.24, 2.45) is 5.10 Å². The van der Waals surface area contributed by atoms with E-state index in [1.54, 1.807) is 17.4 Å². The van der Waals surface area contributed by atoms with Gasteiger partial charge in [0.05, 0.1) is 25.7 Å². The van der Waals surface area contributed by atoms with Crippen molar-refractivity contribution in [3.63, 3.8) is 0 Å². The second kappa shape index (κ2) is 6.74. The zero-order valence-electron chi connectivity index (χ0n) is 13.6. The van der Waals surface area contributed by atoms with E-state index < -0.39 is 5.97 Å². The Labute approximate surface area is 156 Å². The lowest BCUT2D eigenvalue weighted by atomic mass is 10.3. The van der Waals surface area contributed by atoms with E-state index in [0.29, 0.717) is 5.76 Å². The second-order valence-corrected chi connectivity index (χ2v) is 7.54. The standard InChI is InChI=1S/C18H13N3O3S2/c1-10(20-21-18-19-11-4-2-3-5-15(11)26-18)14-8-9-16(25-14)12-6-7-13(24-12)17(22)23/h2-9H,1H3,(H,19,21)(H,22,23)/b20-10+. The molecule has 4 rings (SSSR count). The van der Waals surface area contributed by atoms with Crippen LogP contribution < -0.4 is 5.43 Å². The number of para-hydroxylation sites is 1. The number of anilines is 1. The SMILES string of the molecule is C/C(=N\Nc1nc2ccccc2s1)c1ccc(-c2ccc(C(=O)O)o2)s1. The van der Waals surface area contributed by atoms with Gasteiger partial charge in [-0.3, -0.25) is 5.43 Å². The molecule has 4 aromatic rings. The lowest BCUT2D eigenvalue weighted by Gasteiger charge is -1.97. The third-order valence-corrected chi connectivity index (χ3v) is 5.79. The number of furan rings is 1. The molecular formula is C18H13N3O3S2. The Morgan fingerprint density at radius 1 is 1.15 bits per heavy atom. The molecule has 0 radical (unpaired) electrons. The molecular weight excluding hydrogens is 370 g/mol. The van der Waals surface area contributed by atoms with Crippen molar-refractivity contribution < 1.29 is 14.3 Å². The first kappa shape index (κ1) is 16.5. The average Bonchev–Trinajstić information content (AvgIpc) is 3.37. The summed E-state index contributed by atoms with van der Waals surface area (Å²) >= 11 is 3.03. The molecule has 6 nitrogen and oxygen atoms in total. The predicted molar refractivity (Wildman–Crippen MR) is 104 cm³/mol. The van der Waals surface area contributed by atoms with E-state index in [-0.39, 0.29) is 5.76 Å². The van der Waals surface area contributed by atoms with Gasteiger partial charge < -0.3 is 9.52 Å². The molecule has 1 aromatic carbocycles. The van der Waals surface area contributed by atoms with Crippen LogP contribution in [0.2, 0.25) is 0 Å². The van der Waals surface area contributed by atoms with Crippen molar-refractivity contribution in [3.8, 4) is 10.6 Å². The van der Waals surface area contributed by atoms with Gasteiger partial charge in [0, 0.05) is 0 Å². The van der Waals surface area contributed by atoms with Crippen LogP contribution in [0.3, 0.4) is 0 Å². The lowest BCUT2D eigenvalue weighted by Crippen LogP contribution is -1.96. The Morgan fingerprint density at radius 2 is 2.00 bits per heavy atom. The van der Waals surface area contributed by atoms with Gasteiger partial charge in [-0.2, -0.15) is 5.10 Å². The third-order valence-electron chi connectivity index (χ3n) is 3.64. The summed E-state index contributed by atoms with van der Waals surface area (Å²) in [7, 11) is 0. The van der Waals surface area contributed by atoms with E-state index >= 15 is 0 Å². The summed E-state index contributed by atoms with van der Waals surface area (Å²) in [6.07, 6.45) is 0. The maximum absolute atomic E-state index is 10.9. The van der Waals surface area contributed by atoms with Crippen molar-refractivity contribution in [3.05, 3.63) is 59.2 Å². The Kier molecular flexibility index (Phi) is 4.27. The van der Waals surface area contributed by atoms with Crippen molar-refractivity contribution in [2.45, 2.75) is 6.92 Å². The molecule has 0 bridgehead atoms. The van der Waals surface area contributed by atoms with Gasteiger partial charge in [-0.25, -0.2) is 9.78 Å². The van der Waals surface area contributed by atoms with Crippen molar-refractivity contribution in [1.29, 1.82) is 0 Å². The van der Waals surface area contributed by atoms with Crippen molar-refractivity contribution in [1.82, 2.24) is 4.98 Å². The summed E-state index contributed by atoms with van der Waals surface area (Å²) in [5.41, 5.74) is 4.75. The first-order chi connectivity index (χ1) is 12.6. The summed E-state index contributed by atoms with van der Waals surface area (Å²) in [4.78, 5) is 17.2. The number of nitrogens with zero attached hydrogens (tertiary/aromatic N) is 2. The molecule has 26 heavy (non-hydrogen) atoms. The third kappa shape index (κ3) is 3.24. The summed E-state index contributed by atoms with van der Waals surface area (Å²) in [5.74, 6) is -0.616. The molecule has 8 heteroatoms. The highest BCUT2D eigenvalue weighted by molar-refractivity contribution is 7.22. The topological polar surface area (TPSA) is 87.7 Å². The van der Waals surface area contributed by atoms with Crippen LogP contribution in [0.5, 0.6) is 0 Å². The van der Waals surface area contributed by atoms with Gasteiger partial charge in [0.1, 0.15) is 5.76 Å². The van der Waals surface area contributed by atoms with E-state index in [9.17, 15) is 4.79 Å². The first-order valence-electron chi connectivity index (χ1n) is 7.70. The molecule has 0 amide bonds. The highest BCUT2D eigenvalue weighted by atomic mass is 32.1. The molecule has 0 aliphatic heterocycles. The van der Waals surface area contributed by atoms with Gasteiger partial charge in [-0.1, -0.05) is 23.5 Å². The van der Waals surface area contributed by atoms with E-state index in [1.165, 1.54) is 17.4 Å². The molecule has 0 atom stereocenters. The first-order valence-corrected chi connectivity index (χ1v) is 9.33. The number of fused-ring (bicyclic) bond motifs is 1.